The van der Waals surface area contributed by atoms with Gasteiger partial charge in [0.05, 0.1) is 10.3 Å². The first-order valence-electron chi connectivity index (χ1n) is 18.5. The van der Waals surface area contributed by atoms with Crippen molar-refractivity contribution < 1.29 is 25.8 Å². The number of hydrogen-bond acceptors (Lipinski definition) is 5. The second-order valence-electron chi connectivity index (χ2n) is 16.5. The minimum atomic E-state index is -0.258. The SMILES string of the molecule is CC(C)(C)c1ccnc(N2c3[c-]c(Oc4[c-]c(C5=N[C@]6(C)Cc7ccccc7[C@]6(C)S5)cc(-c5ccccc5)c4)ccc3C(C)(C)c3ccccc32)c1.[Pt+2]. The van der Waals surface area contributed by atoms with E-state index in [2.05, 4.69) is 169 Å². The topological polar surface area (TPSA) is 37.7 Å². The van der Waals surface area contributed by atoms with E-state index in [1.54, 1.807) is 0 Å². The number of pyridine rings is 1. The predicted octanol–water partition coefficient (Wildman–Crippen LogP) is 12.3. The minimum absolute atomic E-state index is 0. The molecule has 3 heterocycles. The number of thioether (sulfide) groups is 1. The van der Waals surface area contributed by atoms with Crippen molar-refractivity contribution in [3.8, 4) is 22.6 Å². The minimum Gasteiger partial charge on any atom is -0.503 e. The van der Waals surface area contributed by atoms with E-state index in [0.29, 0.717) is 11.5 Å². The molecular formula is C48H43N3OPtS. The normalized spacial score (nSPS) is 20.6. The number of ether oxygens (including phenoxy) is 1. The molecule has 6 heteroatoms. The summed E-state index contributed by atoms with van der Waals surface area (Å²) in [5.74, 6) is 2.11. The monoisotopic (exact) mass is 904 g/mol. The van der Waals surface area contributed by atoms with Crippen molar-refractivity contribution in [2.45, 2.75) is 76.0 Å². The van der Waals surface area contributed by atoms with Crippen LogP contribution in [-0.2, 0) is 43.1 Å². The van der Waals surface area contributed by atoms with Crippen LogP contribution in [0.15, 0.2) is 126 Å². The maximum atomic E-state index is 6.80. The fraction of sp³-hybridized carbons (Fsp3) is 0.250. The van der Waals surface area contributed by atoms with Crippen LogP contribution in [-0.4, -0.2) is 15.6 Å². The summed E-state index contributed by atoms with van der Waals surface area (Å²) in [4.78, 5) is 12.6. The predicted molar refractivity (Wildman–Crippen MR) is 219 cm³/mol. The third-order valence-corrected chi connectivity index (χ3v) is 13.2. The van der Waals surface area contributed by atoms with E-state index < -0.39 is 0 Å². The fourth-order valence-corrected chi connectivity index (χ4v) is 9.88. The van der Waals surface area contributed by atoms with Crippen LogP contribution in [0.3, 0.4) is 0 Å². The first kappa shape index (κ1) is 36.5. The molecule has 1 aliphatic carbocycles. The van der Waals surface area contributed by atoms with E-state index in [0.717, 1.165) is 45.3 Å². The molecule has 0 amide bonds. The third-order valence-electron chi connectivity index (χ3n) is 11.6. The van der Waals surface area contributed by atoms with Crippen LogP contribution in [0.5, 0.6) is 11.5 Å². The molecule has 0 fully saturated rings. The maximum absolute atomic E-state index is 6.80. The standard InChI is InChI=1S/C48H43N3OS.Pt/c1-45(2,3)35-23-24-49-43(28-35)51-41-20-14-13-19-39(41)46(4,5)40-22-21-36(29-42(40)51)52-37-26-33(31-15-9-8-10-16-31)25-34(27-37)44-50-47(6)30-32-17-11-12-18-38(32)48(47,7)53-44;/h8-26,28H,30H2,1-7H3;/q-2;+2/t47-,48+;/m1./s1. The fourth-order valence-electron chi connectivity index (χ4n) is 8.38. The van der Waals surface area contributed by atoms with E-state index in [9.17, 15) is 0 Å². The molecule has 0 bridgehead atoms. The molecule has 0 radical (unpaired) electrons. The van der Waals surface area contributed by atoms with Crippen LogP contribution in [0.4, 0.5) is 17.2 Å². The Morgan fingerprint density at radius 3 is 2.22 bits per heavy atom. The molecule has 0 N–H and O–H groups in total. The molecular weight excluding hydrogens is 862 g/mol. The van der Waals surface area contributed by atoms with Crippen LogP contribution in [0.25, 0.3) is 11.1 Å². The average molecular weight is 905 g/mol. The van der Waals surface area contributed by atoms with E-state index in [1.807, 2.05) is 30.1 Å². The largest absolute Gasteiger partial charge is 2.00 e. The molecule has 6 aromatic rings. The van der Waals surface area contributed by atoms with Crippen molar-refractivity contribution >= 4 is 34.0 Å². The van der Waals surface area contributed by atoms with Gasteiger partial charge in [0, 0.05) is 28.4 Å². The second kappa shape index (κ2) is 13.1. The molecule has 2 aliphatic heterocycles. The average Bonchev–Trinajstić information content (AvgIpc) is 3.54. The molecule has 4 nitrogen and oxygen atoms in total. The van der Waals surface area contributed by atoms with Crippen LogP contribution >= 0.6 is 11.8 Å². The van der Waals surface area contributed by atoms with Gasteiger partial charge in [-0.25, -0.2) is 4.98 Å². The van der Waals surface area contributed by atoms with Gasteiger partial charge in [0.1, 0.15) is 5.82 Å². The number of hydrogen-bond donors (Lipinski definition) is 0. The van der Waals surface area contributed by atoms with Gasteiger partial charge >= 0.3 is 21.1 Å². The van der Waals surface area contributed by atoms with Crippen molar-refractivity contribution in [1.82, 2.24) is 4.98 Å². The van der Waals surface area contributed by atoms with Crippen molar-refractivity contribution in [3.63, 3.8) is 0 Å². The van der Waals surface area contributed by atoms with Crippen LogP contribution in [0.2, 0.25) is 0 Å². The number of fused-ring (bicyclic) bond motifs is 5. The van der Waals surface area contributed by atoms with Gasteiger partial charge in [-0.3, -0.25) is 0 Å². The number of para-hydroxylation sites is 1. The zero-order valence-electron chi connectivity index (χ0n) is 31.7. The Hall–Kier alpha value is -4.44. The summed E-state index contributed by atoms with van der Waals surface area (Å²) in [7, 11) is 0. The third kappa shape index (κ3) is 5.87. The van der Waals surface area contributed by atoms with Crippen molar-refractivity contribution in [1.29, 1.82) is 0 Å². The molecule has 3 aliphatic rings. The van der Waals surface area contributed by atoms with Crippen molar-refractivity contribution in [3.05, 3.63) is 167 Å². The number of benzene rings is 5. The molecule has 54 heavy (non-hydrogen) atoms. The molecule has 5 aromatic carbocycles. The van der Waals surface area contributed by atoms with Crippen molar-refractivity contribution in [2.24, 2.45) is 4.99 Å². The molecule has 0 spiro atoms. The summed E-state index contributed by atoms with van der Waals surface area (Å²) in [6.45, 7) is 15.9. The summed E-state index contributed by atoms with van der Waals surface area (Å²) >= 11 is 1.85. The quantitative estimate of drug-likeness (QED) is 0.162. The zero-order chi connectivity index (χ0) is 36.8. The Labute approximate surface area is 338 Å². The zero-order valence-corrected chi connectivity index (χ0v) is 34.8. The summed E-state index contributed by atoms with van der Waals surface area (Å²) in [5.41, 5.74) is 11.0. The molecule has 0 saturated heterocycles. The van der Waals surface area contributed by atoms with Gasteiger partial charge in [0.25, 0.3) is 0 Å². The number of nitrogens with zero attached hydrogens (tertiary/aromatic N) is 3. The van der Waals surface area contributed by atoms with Gasteiger partial charge in [-0.2, -0.15) is 6.07 Å². The number of aromatic nitrogens is 1. The molecule has 1 aromatic heterocycles. The van der Waals surface area contributed by atoms with Crippen molar-refractivity contribution in [2.75, 3.05) is 4.90 Å². The first-order chi connectivity index (χ1) is 25.3. The van der Waals surface area contributed by atoms with E-state index in [1.165, 1.54) is 27.8 Å². The Morgan fingerprint density at radius 1 is 0.722 bits per heavy atom. The molecule has 9 rings (SSSR count). The van der Waals surface area contributed by atoms with Gasteiger partial charge in [-0.15, -0.1) is 41.1 Å². The van der Waals surface area contributed by atoms with Gasteiger partial charge < -0.3 is 14.6 Å². The maximum Gasteiger partial charge on any atom is 2.00 e. The van der Waals surface area contributed by atoms with E-state index >= 15 is 0 Å². The van der Waals surface area contributed by atoms with Crippen LogP contribution in [0.1, 0.15) is 81.8 Å². The summed E-state index contributed by atoms with van der Waals surface area (Å²) in [5, 5.41) is 0.996. The van der Waals surface area contributed by atoms with Gasteiger partial charge in [0.2, 0.25) is 0 Å². The Balaban J connectivity index is 0.00000413. The number of rotatable bonds is 5. The molecule has 0 unspecified atom stereocenters. The number of anilines is 3. The first-order valence-corrected chi connectivity index (χ1v) is 19.3. The summed E-state index contributed by atoms with van der Waals surface area (Å²) < 4.78 is 6.64. The summed E-state index contributed by atoms with van der Waals surface area (Å²) in [6.07, 6.45) is 2.84. The van der Waals surface area contributed by atoms with E-state index in [4.69, 9.17) is 14.7 Å². The van der Waals surface area contributed by atoms with E-state index in [-0.39, 0.29) is 42.2 Å². The smallest absolute Gasteiger partial charge is 0.503 e. The molecule has 272 valence electrons. The van der Waals surface area contributed by atoms with Gasteiger partial charge in [-0.1, -0.05) is 131 Å². The molecule has 2 atom stereocenters. The molecule has 0 saturated carbocycles. The Morgan fingerprint density at radius 2 is 1.44 bits per heavy atom. The second-order valence-corrected chi connectivity index (χ2v) is 17.9. The number of aliphatic imine (C=N–C) groups is 1. The Kier molecular flexibility index (Phi) is 8.86. The van der Waals surface area contributed by atoms with Crippen LogP contribution in [0, 0.1) is 12.1 Å². The summed E-state index contributed by atoms with van der Waals surface area (Å²) in [6, 6.07) is 48.1. The van der Waals surface area contributed by atoms with Gasteiger partial charge in [0.15, 0.2) is 0 Å². The van der Waals surface area contributed by atoms with Gasteiger partial charge in [-0.05, 0) is 77.1 Å². The Bertz CT molecular complexity index is 2450. The van der Waals surface area contributed by atoms with Crippen LogP contribution < -0.4 is 9.64 Å².